The number of amides is 1. The van der Waals surface area contributed by atoms with Crippen LogP contribution in [0.3, 0.4) is 0 Å². The Labute approximate surface area is 187 Å². The van der Waals surface area contributed by atoms with Crippen molar-refractivity contribution in [1.29, 1.82) is 0 Å². The van der Waals surface area contributed by atoms with Gasteiger partial charge in [0.05, 0.1) is 13.2 Å². The van der Waals surface area contributed by atoms with Crippen molar-refractivity contribution in [3.63, 3.8) is 0 Å². The Morgan fingerprint density at radius 3 is 2.78 bits per heavy atom. The van der Waals surface area contributed by atoms with Gasteiger partial charge in [-0.15, -0.1) is 0 Å². The molecule has 2 fully saturated rings. The Morgan fingerprint density at radius 2 is 2.00 bits per heavy atom. The summed E-state index contributed by atoms with van der Waals surface area (Å²) in [5, 5.41) is 4.22. The number of hydrogen-bond acceptors (Lipinski definition) is 7. The Hall–Kier alpha value is -3.26. The van der Waals surface area contributed by atoms with Gasteiger partial charge in [-0.1, -0.05) is 29.4 Å². The molecule has 8 nitrogen and oxygen atoms in total. The highest BCUT2D eigenvalue weighted by atomic mass is 16.5. The lowest BCUT2D eigenvalue weighted by molar-refractivity contribution is -0.142. The van der Waals surface area contributed by atoms with Crippen molar-refractivity contribution in [3.05, 3.63) is 60.0 Å². The van der Waals surface area contributed by atoms with Crippen LogP contribution < -0.4 is 4.74 Å². The number of benzene rings is 1. The lowest BCUT2D eigenvalue weighted by atomic mass is 9.77. The van der Waals surface area contributed by atoms with E-state index in [9.17, 15) is 4.79 Å². The summed E-state index contributed by atoms with van der Waals surface area (Å²) in [6.07, 6.45) is 3.81. The SMILES string of the molecule is COc1ccccc1CCC(=O)N1CC2(CC(c3noc(-c4ccccn4)n3)N(C)C2)C1. The molecule has 0 aliphatic carbocycles. The van der Waals surface area contributed by atoms with Crippen molar-refractivity contribution in [2.24, 2.45) is 5.41 Å². The smallest absolute Gasteiger partial charge is 0.276 e. The predicted molar refractivity (Wildman–Crippen MR) is 118 cm³/mol. The highest BCUT2D eigenvalue weighted by Crippen LogP contribution is 2.47. The number of ether oxygens (including phenoxy) is 1. The molecule has 1 amide bonds. The van der Waals surface area contributed by atoms with Crippen LogP contribution in [0.2, 0.25) is 0 Å². The summed E-state index contributed by atoms with van der Waals surface area (Å²) in [4.78, 5) is 25.9. The molecule has 2 saturated heterocycles. The van der Waals surface area contributed by atoms with Crippen LogP contribution in [0, 0.1) is 5.41 Å². The summed E-state index contributed by atoms with van der Waals surface area (Å²) in [5.74, 6) is 2.16. The van der Waals surface area contributed by atoms with Gasteiger partial charge in [-0.3, -0.25) is 14.7 Å². The first-order valence-electron chi connectivity index (χ1n) is 10.9. The number of nitrogens with zero attached hydrogens (tertiary/aromatic N) is 5. The van der Waals surface area contributed by atoms with Gasteiger partial charge in [0.15, 0.2) is 5.82 Å². The minimum atomic E-state index is 0.0852. The molecule has 0 bridgehead atoms. The van der Waals surface area contributed by atoms with Gasteiger partial charge in [-0.25, -0.2) is 0 Å². The molecule has 32 heavy (non-hydrogen) atoms. The number of aromatic nitrogens is 3. The van der Waals surface area contributed by atoms with Crippen LogP contribution in [0.25, 0.3) is 11.6 Å². The minimum absolute atomic E-state index is 0.0852. The van der Waals surface area contributed by atoms with Crippen molar-refractivity contribution in [2.75, 3.05) is 33.8 Å². The molecule has 0 N–H and O–H groups in total. The van der Waals surface area contributed by atoms with E-state index < -0.39 is 0 Å². The van der Waals surface area contributed by atoms with E-state index in [1.807, 2.05) is 47.4 Å². The molecule has 0 saturated carbocycles. The lowest BCUT2D eigenvalue weighted by Gasteiger charge is -2.48. The Morgan fingerprint density at radius 1 is 1.19 bits per heavy atom. The zero-order valence-electron chi connectivity index (χ0n) is 18.4. The fourth-order valence-corrected chi connectivity index (χ4v) is 5.00. The number of carbonyl (C=O) groups is 1. The van der Waals surface area contributed by atoms with E-state index in [0.717, 1.165) is 37.4 Å². The van der Waals surface area contributed by atoms with E-state index >= 15 is 0 Å². The predicted octanol–water partition coefficient (Wildman–Crippen LogP) is 2.98. The third-order valence-corrected chi connectivity index (χ3v) is 6.57. The summed E-state index contributed by atoms with van der Waals surface area (Å²) in [6.45, 7) is 2.48. The Balaban J connectivity index is 1.18. The number of likely N-dealkylation sites (tertiary alicyclic amines) is 2. The quantitative estimate of drug-likeness (QED) is 0.591. The van der Waals surface area contributed by atoms with Gasteiger partial charge in [-0.05, 0) is 43.7 Å². The van der Waals surface area contributed by atoms with Crippen molar-refractivity contribution in [2.45, 2.75) is 25.3 Å². The highest BCUT2D eigenvalue weighted by molar-refractivity contribution is 5.77. The standard InChI is InChI=1S/C24H27N5O3/c1-28-14-24(13-19(28)22-26-23(32-27-22)18-8-5-6-12-25-18)15-29(16-24)21(30)11-10-17-7-3-4-9-20(17)31-2/h3-9,12,19H,10-11,13-16H2,1-2H3. The second kappa shape index (κ2) is 8.35. The summed E-state index contributed by atoms with van der Waals surface area (Å²) in [6, 6.07) is 13.6. The average molecular weight is 434 g/mol. The van der Waals surface area contributed by atoms with E-state index in [4.69, 9.17) is 9.26 Å². The summed E-state index contributed by atoms with van der Waals surface area (Å²) in [5.41, 5.74) is 1.85. The molecule has 5 rings (SSSR count). The molecule has 4 heterocycles. The number of methoxy groups -OCH3 is 1. The third kappa shape index (κ3) is 3.86. The van der Waals surface area contributed by atoms with E-state index in [0.29, 0.717) is 30.3 Å². The van der Waals surface area contributed by atoms with Gasteiger partial charge >= 0.3 is 0 Å². The second-order valence-electron chi connectivity index (χ2n) is 8.87. The van der Waals surface area contributed by atoms with E-state index in [-0.39, 0.29) is 17.4 Å². The number of rotatable bonds is 6. The van der Waals surface area contributed by atoms with Crippen LogP contribution in [-0.4, -0.2) is 64.6 Å². The van der Waals surface area contributed by atoms with Crippen LogP contribution in [-0.2, 0) is 11.2 Å². The van der Waals surface area contributed by atoms with Gasteiger partial charge in [0.25, 0.3) is 5.89 Å². The van der Waals surface area contributed by atoms with Gasteiger partial charge in [-0.2, -0.15) is 4.98 Å². The topological polar surface area (TPSA) is 84.6 Å². The van der Waals surface area contributed by atoms with Gasteiger partial charge < -0.3 is 14.2 Å². The second-order valence-corrected chi connectivity index (χ2v) is 8.87. The fourth-order valence-electron chi connectivity index (χ4n) is 5.00. The zero-order chi connectivity index (χ0) is 22.1. The van der Waals surface area contributed by atoms with Crippen molar-refractivity contribution < 1.29 is 14.1 Å². The molecule has 166 valence electrons. The van der Waals surface area contributed by atoms with Gasteiger partial charge in [0.2, 0.25) is 5.91 Å². The first kappa shape index (κ1) is 20.6. The molecule has 2 aliphatic rings. The molecule has 2 aliphatic heterocycles. The fraction of sp³-hybridized carbons (Fsp3) is 0.417. The minimum Gasteiger partial charge on any atom is -0.496 e. The normalized spacial score (nSPS) is 19.8. The number of carbonyl (C=O) groups excluding carboxylic acids is 1. The molecule has 1 unspecified atom stereocenters. The van der Waals surface area contributed by atoms with Crippen molar-refractivity contribution in [3.8, 4) is 17.3 Å². The van der Waals surface area contributed by atoms with Crippen molar-refractivity contribution >= 4 is 5.91 Å². The first-order chi connectivity index (χ1) is 15.6. The maximum Gasteiger partial charge on any atom is 0.276 e. The summed E-state index contributed by atoms with van der Waals surface area (Å²) >= 11 is 0. The Bertz CT molecular complexity index is 1090. The molecule has 0 radical (unpaired) electrons. The maximum atomic E-state index is 12.8. The zero-order valence-corrected chi connectivity index (χ0v) is 18.4. The first-order valence-corrected chi connectivity index (χ1v) is 10.9. The van der Waals surface area contributed by atoms with Gasteiger partial charge in [0, 0.05) is 37.7 Å². The van der Waals surface area contributed by atoms with Crippen LogP contribution >= 0.6 is 0 Å². The van der Waals surface area contributed by atoms with E-state index in [2.05, 4.69) is 27.1 Å². The van der Waals surface area contributed by atoms with Gasteiger partial charge in [0.1, 0.15) is 11.4 Å². The van der Waals surface area contributed by atoms with Crippen LogP contribution in [0.15, 0.2) is 53.2 Å². The Kier molecular flexibility index (Phi) is 5.38. The highest BCUT2D eigenvalue weighted by Gasteiger charge is 2.52. The molecule has 3 aromatic rings. The molecular weight excluding hydrogens is 406 g/mol. The third-order valence-electron chi connectivity index (χ3n) is 6.57. The largest absolute Gasteiger partial charge is 0.496 e. The van der Waals surface area contributed by atoms with Crippen LogP contribution in [0.5, 0.6) is 5.75 Å². The molecule has 1 aromatic carbocycles. The molecule has 1 atom stereocenters. The molecule has 2 aromatic heterocycles. The monoisotopic (exact) mass is 433 g/mol. The lowest BCUT2D eigenvalue weighted by Crippen LogP contribution is -2.59. The number of para-hydroxylation sites is 1. The van der Waals surface area contributed by atoms with Crippen LogP contribution in [0.1, 0.15) is 30.3 Å². The van der Waals surface area contributed by atoms with E-state index in [1.165, 1.54) is 0 Å². The summed E-state index contributed by atoms with van der Waals surface area (Å²) in [7, 11) is 3.75. The molecular formula is C24H27N5O3. The van der Waals surface area contributed by atoms with Crippen molar-refractivity contribution in [1.82, 2.24) is 24.9 Å². The van der Waals surface area contributed by atoms with E-state index in [1.54, 1.807) is 13.3 Å². The summed E-state index contributed by atoms with van der Waals surface area (Å²) < 4.78 is 10.9. The number of hydrogen-bond donors (Lipinski definition) is 0. The number of pyridine rings is 1. The maximum absolute atomic E-state index is 12.8. The molecule has 8 heteroatoms. The average Bonchev–Trinajstić information content (AvgIpc) is 3.42. The molecule has 1 spiro atoms. The number of aryl methyl sites for hydroxylation is 1. The van der Waals surface area contributed by atoms with Crippen LogP contribution in [0.4, 0.5) is 0 Å².